The van der Waals surface area contributed by atoms with Gasteiger partial charge in [0.1, 0.15) is 4.90 Å². The number of aromatic amines is 1. The third-order valence-electron chi connectivity index (χ3n) is 4.03. The molecule has 0 aromatic carbocycles. The summed E-state index contributed by atoms with van der Waals surface area (Å²) in [5, 5.41) is 4.09. The Bertz CT molecular complexity index is 914. The third-order valence-corrected chi connectivity index (χ3v) is 5.98. The Morgan fingerprint density at radius 2 is 2.17 bits per heavy atom. The summed E-state index contributed by atoms with van der Waals surface area (Å²) in [6.07, 6.45) is 1.67. The number of sulfonamides is 1. The molecule has 0 saturated heterocycles. The standard InChI is InChI=1S/C13H18N6O3S/c1-3-19-8(2)11(6-15-19)23(21,22)18-5-4-9-10(7-18)16-13(14)17-12(9)20/h6H,3-5,7H2,1-2H3,(H3,14,16,17,20). The molecule has 1 aliphatic rings. The summed E-state index contributed by atoms with van der Waals surface area (Å²) in [5.41, 5.74) is 6.73. The van der Waals surface area contributed by atoms with E-state index >= 15 is 0 Å². The predicted molar refractivity (Wildman–Crippen MR) is 83.2 cm³/mol. The van der Waals surface area contributed by atoms with Crippen LogP contribution in [0.15, 0.2) is 15.9 Å². The van der Waals surface area contributed by atoms with Gasteiger partial charge in [-0.2, -0.15) is 9.40 Å². The van der Waals surface area contributed by atoms with Crippen LogP contribution in [0.4, 0.5) is 5.95 Å². The van der Waals surface area contributed by atoms with Crippen LogP contribution in [0.25, 0.3) is 0 Å². The molecule has 0 unspecified atom stereocenters. The van der Waals surface area contributed by atoms with Crippen LogP contribution in [0, 0.1) is 6.92 Å². The molecule has 0 radical (unpaired) electrons. The van der Waals surface area contributed by atoms with Crippen molar-refractivity contribution in [1.29, 1.82) is 0 Å². The molecule has 0 bridgehead atoms. The summed E-state index contributed by atoms with van der Waals surface area (Å²) >= 11 is 0. The van der Waals surface area contributed by atoms with Crippen LogP contribution in [0.5, 0.6) is 0 Å². The highest BCUT2D eigenvalue weighted by atomic mass is 32.2. The van der Waals surface area contributed by atoms with Gasteiger partial charge in [0.05, 0.1) is 24.1 Å². The molecule has 1 aliphatic heterocycles. The number of nitrogens with one attached hydrogen (secondary N) is 1. The first-order valence-corrected chi connectivity index (χ1v) is 8.68. The lowest BCUT2D eigenvalue weighted by molar-refractivity contribution is 0.383. The summed E-state index contributed by atoms with van der Waals surface area (Å²) in [6, 6.07) is 0. The molecule has 3 N–H and O–H groups in total. The lowest BCUT2D eigenvalue weighted by Crippen LogP contribution is -2.39. The maximum absolute atomic E-state index is 12.8. The van der Waals surface area contributed by atoms with Crippen LogP contribution >= 0.6 is 0 Å². The predicted octanol–water partition coefficient (Wildman–Crippen LogP) is -0.376. The second kappa shape index (κ2) is 5.46. The zero-order chi connectivity index (χ0) is 16.8. The minimum Gasteiger partial charge on any atom is -0.369 e. The van der Waals surface area contributed by atoms with Gasteiger partial charge in [-0.1, -0.05) is 0 Å². The fraction of sp³-hybridized carbons (Fsp3) is 0.462. The Balaban J connectivity index is 1.99. The van der Waals surface area contributed by atoms with Crippen LogP contribution in [-0.4, -0.2) is 39.0 Å². The van der Waals surface area contributed by atoms with Crippen LogP contribution in [0.1, 0.15) is 23.9 Å². The van der Waals surface area contributed by atoms with Gasteiger partial charge in [-0.3, -0.25) is 14.5 Å². The van der Waals surface area contributed by atoms with Crippen molar-refractivity contribution in [3.63, 3.8) is 0 Å². The summed E-state index contributed by atoms with van der Waals surface area (Å²) in [5.74, 6) is -0.0111. The Morgan fingerprint density at radius 3 is 2.83 bits per heavy atom. The monoisotopic (exact) mass is 338 g/mol. The van der Waals surface area contributed by atoms with E-state index in [0.29, 0.717) is 29.9 Å². The van der Waals surface area contributed by atoms with Crippen LogP contribution in [0.3, 0.4) is 0 Å². The third kappa shape index (κ3) is 2.53. The quantitative estimate of drug-likeness (QED) is 0.785. The minimum absolute atomic E-state index is 0.0111. The Labute approximate surface area is 133 Å². The van der Waals surface area contributed by atoms with E-state index in [-0.39, 0.29) is 29.5 Å². The number of rotatable bonds is 3. The number of H-pyrrole nitrogens is 1. The molecule has 10 heteroatoms. The van der Waals surface area contributed by atoms with E-state index in [0.717, 1.165) is 0 Å². The molecule has 0 atom stereocenters. The van der Waals surface area contributed by atoms with E-state index in [1.807, 2.05) is 6.92 Å². The van der Waals surface area contributed by atoms with Gasteiger partial charge >= 0.3 is 0 Å². The van der Waals surface area contributed by atoms with E-state index in [9.17, 15) is 13.2 Å². The maximum atomic E-state index is 12.8. The van der Waals surface area contributed by atoms with E-state index in [2.05, 4.69) is 15.1 Å². The number of anilines is 1. The average Bonchev–Trinajstić information content (AvgIpc) is 2.88. The SMILES string of the molecule is CCn1ncc(S(=O)(=O)N2CCc3c(nc(N)[nH]c3=O)C2)c1C. The van der Waals surface area contributed by atoms with Gasteiger partial charge in [0.15, 0.2) is 0 Å². The van der Waals surface area contributed by atoms with E-state index in [4.69, 9.17) is 5.73 Å². The molecular weight excluding hydrogens is 320 g/mol. The Kier molecular flexibility index (Phi) is 3.72. The molecule has 124 valence electrons. The molecule has 23 heavy (non-hydrogen) atoms. The number of nitrogens with two attached hydrogens (primary N) is 1. The molecule has 0 spiro atoms. The molecular formula is C13H18N6O3S. The number of aryl methyl sites for hydroxylation is 1. The van der Waals surface area contributed by atoms with Gasteiger partial charge in [-0.25, -0.2) is 13.4 Å². The molecule has 2 aromatic heterocycles. The van der Waals surface area contributed by atoms with Crippen molar-refractivity contribution in [3.05, 3.63) is 33.5 Å². The second-order valence-corrected chi connectivity index (χ2v) is 7.28. The topological polar surface area (TPSA) is 127 Å². The smallest absolute Gasteiger partial charge is 0.255 e. The van der Waals surface area contributed by atoms with Crippen molar-refractivity contribution in [1.82, 2.24) is 24.1 Å². The Morgan fingerprint density at radius 1 is 1.43 bits per heavy atom. The highest BCUT2D eigenvalue weighted by Gasteiger charge is 2.32. The minimum atomic E-state index is -3.69. The van der Waals surface area contributed by atoms with Crippen molar-refractivity contribution in [2.75, 3.05) is 12.3 Å². The first-order chi connectivity index (χ1) is 10.8. The lowest BCUT2D eigenvalue weighted by atomic mass is 10.1. The molecule has 0 fully saturated rings. The van der Waals surface area contributed by atoms with Crippen molar-refractivity contribution < 1.29 is 8.42 Å². The van der Waals surface area contributed by atoms with Crippen LogP contribution in [-0.2, 0) is 29.5 Å². The molecule has 9 nitrogen and oxygen atoms in total. The summed E-state index contributed by atoms with van der Waals surface area (Å²) in [6.45, 7) is 4.47. The molecule has 0 saturated carbocycles. The molecule has 0 amide bonds. The number of fused-ring (bicyclic) bond motifs is 1. The normalized spacial score (nSPS) is 15.6. The summed E-state index contributed by atoms with van der Waals surface area (Å²) in [4.78, 5) is 18.5. The van der Waals surface area contributed by atoms with Crippen molar-refractivity contribution in [3.8, 4) is 0 Å². The molecule has 3 rings (SSSR count). The largest absolute Gasteiger partial charge is 0.369 e. The van der Waals surface area contributed by atoms with Crippen molar-refractivity contribution in [2.24, 2.45) is 0 Å². The van der Waals surface area contributed by atoms with Gasteiger partial charge in [-0.05, 0) is 20.3 Å². The van der Waals surface area contributed by atoms with Crippen molar-refractivity contribution in [2.45, 2.75) is 38.3 Å². The maximum Gasteiger partial charge on any atom is 0.255 e. The van der Waals surface area contributed by atoms with Gasteiger partial charge < -0.3 is 5.73 Å². The number of nitrogens with zero attached hydrogens (tertiary/aromatic N) is 4. The van der Waals surface area contributed by atoms with Gasteiger partial charge in [-0.15, -0.1) is 0 Å². The molecule has 2 aromatic rings. The lowest BCUT2D eigenvalue weighted by Gasteiger charge is -2.26. The van der Waals surface area contributed by atoms with E-state index in [1.54, 1.807) is 11.6 Å². The number of hydrogen-bond acceptors (Lipinski definition) is 6. The average molecular weight is 338 g/mol. The highest BCUT2D eigenvalue weighted by molar-refractivity contribution is 7.89. The van der Waals surface area contributed by atoms with Gasteiger partial charge in [0, 0.05) is 18.7 Å². The van der Waals surface area contributed by atoms with E-state index < -0.39 is 10.0 Å². The first-order valence-electron chi connectivity index (χ1n) is 7.24. The number of nitrogen functional groups attached to an aromatic ring is 1. The zero-order valence-electron chi connectivity index (χ0n) is 12.9. The van der Waals surface area contributed by atoms with Crippen LogP contribution in [0.2, 0.25) is 0 Å². The summed E-state index contributed by atoms with van der Waals surface area (Å²) < 4.78 is 28.6. The zero-order valence-corrected chi connectivity index (χ0v) is 13.7. The summed E-state index contributed by atoms with van der Waals surface area (Å²) in [7, 11) is -3.69. The fourth-order valence-corrected chi connectivity index (χ4v) is 4.34. The number of aromatic nitrogens is 4. The fourth-order valence-electron chi connectivity index (χ4n) is 2.78. The van der Waals surface area contributed by atoms with E-state index in [1.165, 1.54) is 10.5 Å². The van der Waals surface area contributed by atoms with Gasteiger partial charge in [0.2, 0.25) is 16.0 Å². The number of hydrogen-bond donors (Lipinski definition) is 2. The van der Waals surface area contributed by atoms with Crippen molar-refractivity contribution >= 4 is 16.0 Å². The molecule has 3 heterocycles. The van der Waals surface area contributed by atoms with Crippen LogP contribution < -0.4 is 11.3 Å². The first kappa shape index (κ1) is 15.7. The van der Waals surface area contributed by atoms with Gasteiger partial charge in [0.25, 0.3) is 5.56 Å². The Hall–Kier alpha value is -2.20. The highest BCUT2D eigenvalue weighted by Crippen LogP contribution is 2.24. The second-order valence-electron chi connectivity index (χ2n) is 5.38. The molecule has 0 aliphatic carbocycles.